The van der Waals surface area contributed by atoms with Crippen molar-refractivity contribution in [2.75, 3.05) is 35.3 Å². The van der Waals surface area contributed by atoms with Crippen LogP contribution in [-0.4, -0.2) is 49.5 Å². The maximum absolute atomic E-state index is 11.8. The molecule has 21 heavy (non-hydrogen) atoms. The van der Waals surface area contributed by atoms with Crippen molar-refractivity contribution >= 4 is 43.2 Å². The van der Waals surface area contributed by atoms with E-state index in [1.165, 1.54) is 4.88 Å². The van der Waals surface area contributed by atoms with Crippen molar-refractivity contribution in [1.82, 2.24) is 9.97 Å². The van der Waals surface area contributed by atoms with Crippen LogP contribution in [0.1, 0.15) is 11.8 Å². The molecule has 2 aromatic heterocycles. The number of hydrogen-bond acceptors (Lipinski definition) is 7. The fourth-order valence-electron chi connectivity index (χ4n) is 2.67. The second kappa shape index (κ2) is 5.10. The van der Waals surface area contributed by atoms with Gasteiger partial charge in [-0.15, -0.1) is 11.3 Å². The molecule has 0 aromatic carbocycles. The lowest BCUT2D eigenvalue weighted by Gasteiger charge is -2.34. The van der Waals surface area contributed by atoms with Gasteiger partial charge in [0.15, 0.2) is 9.84 Å². The Kier molecular flexibility index (Phi) is 3.53. The predicted octanol–water partition coefficient (Wildman–Crippen LogP) is 1.66. The van der Waals surface area contributed by atoms with Gasteiger partial charge in [0.2, 0.25) is 5.95 Å². The first-order valence-electron chi connectivity index (χ1n) is 6.82. The molecule has 6 nitrogen and oxygen atoms in total. The fourth-order valence-corrected chi connectivity index (χ4v) is 5.10. The Bertz CT molecular complexity index is 785. The smallest absolute Gasteiger partial charge is 0.225 e. The molecular formula is C13H18N4O2S2. The van der Waals surface area contributed by atoms with Crippen LogP contribution in [0, 0.1) is 6.92 Å². The highest BCUT2D eigenvalue weighted by Crippen LogP contribution is 2.33. The lowest BCUT2D eigenvalue weighted by Crippen LogP contribution is -2.47. The number of fused-ring (bicyclic) bond motifs is 1. The van der Waals surface area contributed by atoms with Gasteiger partial charge in [-0.25, -0.2) is 13.4 Å². The van der Waals surface area contributed by atoms with Gasteiger partial charge in [-0.3, -0.25) is 0 Å². The number of rotatable bonds is 2. The van der Waals surface area contributed by atoms with E-state index in [1.54, 1.807) is 18.4 Å². The van der Waals surface area contributed by atoms with E-state index in [0.29, 0.717) is 12.5 Å². The molecule has 1 aliphatic rings. The van der Waals surface area contributed by atoms with E-state index < -0.39 is 9.84 Å². The molecule has 1 aliphatic heterocycles. The van der Waals surface area contributed by atoms with Gasteiger partial charge >= 0.3 is 0 Å². The third kappa shape index (κ3) is 2.69. The largest absolute Gasteiger partial charge is 0.357 e. The maximum Gasteiger partial charge on any atom is 0.225 e. The summed E-state index contributed by atoms with van der Waals surface area (Å²) in [6.07, 6.45) is 0. The SMILES string of the molecule is CNc1nc(N2CCS(=O)(=O)CC2C)c2cc(C)sc2n1. The van der Waals surface area contributed by atoms with Gasteiger partial charge < -0.3 is 10.2 Å². The summed E-state index contributed by atoms with van der Waals surface area (Å²) in [6, 6.07) is 2.00. The standard InChI is InChI=1S/C13H18N4O2S2/c1-8-7-21(18,19)5-4-17(8)11-10-6-9(2)20-12(10)16-13(14-3)15-11/h6,8H,4-5,7H2,1-3H3,(H,14,15,16). The van der Waals surface area contributed by atoms with E-state index in [-0.39, 0.29) is 17.5 Å². The van der Waals surface area contributed by atoms with Gasteiger partial charge in [-0.05, 0) is 19.9 Å². The predicted molar refractivity (Wildman–Crippen MR) is 87.2 cm³/mol. The first-order chi connectivity index (χ1) is 9.89. The van der Waals surface area contributed by atoms with E-state index in [1.807, 2.05) is 13.8 Å². The molecule has 1 fully saturated rings. The van der Waals surface area contributed by atoms with E-state index >= 15 is 0 Å². The minimum Gasteiger partial charge on any atom is -0.357 e. The third-order valence-corrected chi connectivity index (χ3v) is 6.40. The Morgan fingerprint density at radius 1 is 1.43 bits per heavy atom. The molecule has 0 bridgehead atoms. The Morgan fingerprint density at radius 3 is 2.86 bits per heavy atom. The number of nitrogens with one attached hydrogen (secondary N) is 1. The molecule has 114 valence electrons. The summed E-state index contributed by atoms with van der Waals surface area (Å²) in [4.78, 5) is 13.2. The van der Waals surface area contributed by atoms with E-state index in [9.17, 15) is 8.42 Å². The summed E-state index contributed by atoms with van der Waals surface area (Å²) in [5, 5.41) is 3.98. The van der Waals surface area contributed by atoms with Crippen molar-refractivity contribution in [3.8, 4) is 0 Å². The van der Waals surface area contributed by atoms with Gasteiger partial charge in [0.05, 0.1) is 16.9 Å². The Hall–Kier alpha value is -1.41. The van der Waals surface area contributed by atoms with Gasteiger partial charge in [0.1, 0.15) is 10.6 Å². The molecule has 0 radical (unpaired) electrons. The number of thiophene rings is 1. The first-order valence-corrected chi connectivity index (χ1v) is 9.46. The first kappa shape index (κ1) is 14.5. The maximum atomic E-state index is 11.8. The zero-order valence-corrected chi connectivity index (χ0v) is 13.9. The molecule has 0 amide bonds. The lowest BCUT2D eigenvalue weighted by molar-refractivity contribution is 0.567. The zero-order chi connectivity index (χ0) is 15.2. The number of aromatic nitrogens is 2. The lowest BCUT2D eigenvalue weighted by atomic mass is 10.2. The van der Waals surface area contributed by atoms with Crippen molar-refractivity contribution in [1.29, 1.82) is 0 Å². The average molecular weight is 326 g/mol. The van der Waals surface area contributed by atoms with Crippen LogP contribution in [0.15, 0.2) is 6.07 Å². The van der Waals surface area contributed by atoms with Gasteiger partial charge in [0.25, 0.3) is 0 Å². The van der Waals surface area contributed by atoms with Crippen molar-refractivity contribution in [2.45, 2.75) is 19.9 Å². The number of aryl methyl sites for hydroxylation is 1. The van der Waals surface area contributed by atoms with Crippen molar-refractivity contribution in [3.05, 3.63) is 10.9 Å². The Balaban J connectivity index is 2.11. The topological polar surface area (TPSA) is 75.2 Å². The van der Waals surface area contributed by atoms with Crippen LogP contribution in [0.2, 0.25) is 0 Å². The van der Waals surface area contributed by atoms with Crippen LogP contribution in [0.5, 0.6) is 0 Å². The highest BCUT2D eigenvalue weighted by atomic mass is 32.2. The van der Waals surface area contributed by atoms with Crippen LogP contribution in [0.3, 0.4) is 0 Å². The highest BCUT2D eigenvalue weighted by molar-refractivity contribution is 7.91. The second-order valence-electron chi connectivity index (χ2n) is 5.35. The molecule has 3 heterocycles. The summed E-state index contributed by atoms with van der Waals surface area (Å²) < 4.78 is 23.5. The van der Waals surface area contributed by atoms with Crippen LogP contribution in [0.25, 0.3) is 10.2 Å². The summed E-state index contributed by atoms with van der Waals surface area (Å²) in [6.45, 7) is 4.45. The number of sulfone groups is 1. The molecule has 0 saturated carbocycles. The van der Waals surface area contributed by atoms with Gasteiger partial charge in [-0.1, -0.05) is 0 Å². The third-order valence-electron chi connectivity index (χ3n) is 3.66. The van der Waals surface area contributed by atoms with Crippen LogP contribution in [0.4, 0.5) is 11.8 Å². The number of anilines is 2. The molecule has 8 heteroatoms. The molecule has 1 atom stereocenters. The zero-order valence-electron chi connectivity index (χ0n) is 12.3. The summed E-state index contributed by atoms with van der Waals surface area (Å²) in [7, 11) is -1.15. The van der Waals surface area contributed by atoms with Crippen molar-refractivity contribution in [2.24, 2.45) is 0 Å². The summed E-state index contributed by atoms with van der Waals surface area (Å²) in [5.41, 5.74) is 0. The monoisotopic (exact) mass is 326 g/mol. The normalized spacial score (nSPS) is 21.7. The van der Waals surface area contributed by atoms with Crippen molar-refractivity contribution in [3.63, 3.8) is 0 Å². The fraction of sp³-hybridized carbons (Fsp3) is 0.538. The average Bonchev–Trinajstić information content (AvgIpc) is 2.77. The Morgan fingerprint density at radius 2 is 2.19 bits per heavy atom. The molecular weight excluding hydrogens is 308 g/mol. The molecule has 0 spiro atoms. The van der Waals surface area contributed by atoms with Crippen molar-refractivity contribution < 1.29 is 8.42 Å². The molecule has 3 rings (SSSR count). The van der Waals surface area contributed by atoms with Crippen LogP contribution >= 0.6 is 11.3 Å². The molecule has 1 N–H and O–H groups in total. The number of hydrogen-bond donors (Lipinski definition) is 1. The quantitative estimate of drug-likeness (QED) is 0.905. The molecule has 1 unspecified atom stereocenters. The minimum absolute atomic E-state index is 0.0771. The van der Waals surface area contributed by atoms with E-state index in [2.05, 4.69) is 26.3 Å². The highest BCUT2D eigenvalue weighted by Gasteiger charge is 2.30. The Labute approximate surface area is 128 Å². The van der Waals surface area contributed by atoms with Crippen LogP contribution < -0.4 is 10.2 Å². The van der Waals surface area contributed by atoms with Gasteiger partial charge in [0, 0.05) is 24.5 Å². The minimum atomic E-state index is -2.93. The molecule has 2 aromatic rings. The van der Waals surface area contributed by atoms with Gasteiger partial charge in [-0.2, -0.15) is 4.98 Å². The van der Waals surface area contributed by atoms with Crippen LogP contribution in [-0.2, 0) is 9.84 Å². The molecule has 0 aliphatic carbocycles. The van der Waals surface area contributed by atoms with E-state index in [4.69, 9.17) is 0 Å². The summed E-state index contributed by atoms with van der Waals surface area (Å²) in [5.74, 6) is 1.76. The van der Waals surface area contributed by atoms with E-state index in [0.717, 1.165) is 16.0 Å². The number of nitrogens with zero attached hydrogens (tertiary/aromatic N) is 3. The second-order valence-corrected chi connectivity index (χ2v) is 8.82. The summed E-state index contributed by atoms with van der Waals surface area (Å²) >= 11 is 1.62. The molecule has 1 saturated heterocycles.